The Hall–Kier alpha value is -3.23. The second-order valence-electron chi connectivity index (χ2n) is 6.39. The number of nitrogens with one attached hydrogen (secondary N) is 1. The lowest BCUT2D eigenvalue weighted by Gasteiger charge is -2.30. The number of aromatic hydroxyl groups is 1. The fraction of sp³-hybridized carbons (Fsp3) is 0.353. The SMILES string of the molecule is O=C(c1cc(-c2cccc(O)c2)on1)N1CCC(Cc2nn[nH]n2)CC1. The molecule has 26 heavy (non-hydrogen) atoms. The zero-order valence-corrected chi connectivity index (χ0v) is 14.0. The van der Waals surface area contributed by atoms with E-state index in [1.807, 2.05) is 0 Å². The zero-order valence-electron chi connectivity index (χ0n) is 14.0. The van der Waals surface area contributed by atoms with E-state index in [0.717, 1.165) is 19.3 Å². The van der Waals surface area contributed by atoms with Crippen molar-refractivity contribution in [2.75, 3.05) is 13.1 Å². The first-order valence-corrected chi connectivity index (χ1v) is 8.47. The van der Waals surface area contributed by atoms with Gasteiger partial charge in [0.25, 0.3) is 5.91 Å². The standard InChI is InChI=1S/C17H18N6O3/c24-13-3-1-2-12(9-13)15-10-14(20-26-15)17(25)23-6-4-11(5-7-23)8-16-18-21-22-19-16/h1-3,9-11,24H,4-8H2,(H,18,19,21,22). The molecule has 1 saturated heterocycles. The summed E-state index contributed by atoms with van der Waals surface area (Å²) in [7, 11) is 0. The number of amides is 1. The van der Waals surface area contributed by atoms with Crippen LogP contribution in [-0.4, -0.2) is 54.8 Å². The van der Waals surface area contributed by atoms with Crippen LogP contribution in [0.3, 0.4) is 0 Å². The van der Waals surface area contributed by atoms with Gasteiger partial charge in [0.1, 0.15) is 5.75 Å². The first-order chi connectivity index (χ1) is 12.7. The first kappa shape index (κ1) is 16.2. The molecule has 1 aromatic carbocycles. The van der Waals surface area contributed by atoms with E-state index in [2.05, 4.69) is 25.8 Å². The van der Waals surface area contributed by atoms with Gasteiger partial charge in [-0.2, -0.15) is 5.21 Å². The third kappa shape index (κ3) is 3.41. The van der Waals surface area contributed by atoms with Crippen LogP contribution in [0.5, 0.6) is 5.75 Å². The highest BCUT2D eigenvalue weighted by Gasteiger charge is 2.26. The molecule has 1 aliphatic rings. The molecule has 3 heterocycles. The number of hydrogen-bond acceptors (Lipinski definition) is 7. The molecular formula is C17H18N6O3. The largest absolute Gasteiger partial charge is 0.508 e. The summed E-state index contributed by atoms with van der Waals surface area (Å²) in [5.74, 6) is 1.60. The molecule has 1 fully saturated rings. The van der Waals surface area contributed by atoms with E-state index in [0.29, 0.717) is 36.2 Å². The summed E-state index contributed by atoms with van der Waals surface area (Å²) >= 11 is 0. The molecule has 2 N–H and O–H groups in total. The predicted octanol–water partition coefficient (Wildman–Crippen LogP) is 1.66. The van der Waals surface area contributed by atoms with Gasteiger partial charge in [-0.1, -0.05) is 22.5 Å². The highest BCUT2D eigenvalue weighted by atomic mass is 16.5. The fourth-order valence-corrected chi connectivity index (χ4v) is 3.20. The molecule has 3 aromatic rings. The van der Waals surface area contributed by atoms with Crippen LogP contribution < -0.4 is 0 Å². The number of carbonyl (C=O) groups excluding carboxylic acids is 1. The summed E-state index contributed by atoms with van der Waals surface area (Å²) in [4.78, 5) is 14.4. The number of aromatic nitrogens is 5. The molecule has 0 unspecified atom stereocenters. The van der Waals surface area contributed by atoms with E-state index in [9.17, 15) is 9.90 Å². The van der Waals surface area contributed by atoms with Crippen LogP contribution in [-0.2, 0) is 6.42 Å². The molecule has 9 heteroatoms. The van der Waals surface area contributed by atoms with Gasteiger partial charge in [0.15, 0.2) is 17.3 Å². The third-order valence-corrected chi connectivity index (χ3v) is 4.62. The molecule has 0 atom stereocenters. The molecule has 134 valence electrons. The lowest BCUT2D eigenvalue weighted by Crippen LogP contribution is -2.39. The molecule has 9 nitrogen and oxygen atoms in total. The van der Waals surface area contributed by atoms with Gasteiger partial charge in [-0.3, -0.25) is 4.79 Å². The maximum atomic E-state index is 12.6. The van der Waals surface area contributed by atoms with Crippen molar-refractivity contribution in [3.63, 3.8) is 0 Å². The summed E-state index contributed by atoms with van der Waals surface area (Å²) in [6.45, 7) is 1.32. The van der Waals surface area contributed by atoms with Crippen molar-refractivity contribution in [2.45, 2.75) is 19.3 Å². The fourth-order valence-electron chi connectivity index (χ4n) is 3.20. The van der Waals surface area contributed by atoms with Gasteiger partial charge in [0, 0.05) is 31.1 Å². The Morgan fingerprint density at radius 1 is 1.31 bits per heavy atom. The topological polar surface area (TPSA) is 121 Å². The Kier molecular flexibility index (Phi) is 4.34. The maximum absolute atomic E-state index is 12.6. The van der Waals surface area contributed by atoms with E-state index in [1.165, 1.54) is 0 Å². The molecule has 0 bridgehead atoms. The molecule has 1 aliphatic heterocycles. The molecule has 0 aliphatic carbocycles. The van der Waals surface area contributed by atoms with E-state index in [-0.39, 0.29) is 17.4 Å². The van der Waals surface area contributed by atoms with Crippen LogP contribution in [0.2, 0.25) is 0 Å². The van der Waals surface area contributed by atoms with Crippen molar-refractivity contribution in [1.82, 2.24) is 30.7 Å². The summed E-state index contributed by atoms with van der Waals surface area (Å²) in [6.07, 6.45) is 2.54. The van der Waals surface area contributed by atoms with Crippen LogP contribution >= 0.6 is 0 Å². The number of benzene rings is 1. The number of phenolic OH excluding ortho intramolecular Hbond substituents is 1. The highest BCUT2D eigenvalue weighted by molar-refractivity contribution is 5.93. The number of H-pyrrole nitrogens is 1. The van der Waals surface area contributed by atoms with Gasteiger partial charge in [-0.25, -0.2) is 0 Å². The minimum Gasteiger partial charge on any atom is -0.508 e. The number of phenols is 1. The van der Waals surface area contributed by atoms with Gasteiger partial charge in [-0.15, -0.1) is 10.2 Å². The van der Waals surface area contributed by atoms with Crippen LogP contribution in [0.1, 0.15) is 29.2 Å². The van der Waals surface area contributed by atoms with Crippen molar-refractivity contribution < 1.29 is 14.4 Å². The molecule has 0 spiro atoms. The van der Waals surface area contributed by atoms with Gasteiger partial charge >= 0.3 is 0 Å². The number of rotatable bonds is 4. The second kappa shape index (κ2) is 6.95. The van der Waals surface area contributed by atoms with Gasteiger partial charge in [0.05, 0.1) is 0 Å². The van der Waals surface area contributed by atoms with Gasteiger partial charge < -0.3 is 14.5 Å². The number of hydrogen-bond donors (Lipinski definition) is 2. The van der Waals surface area contributed by atoms with E-state index in [1.54, 1.807) is 35.2 Å². The number of aromatic amines is 1. The van der Waals surface area contributed by atoms with Gasteiger partial charge in [-0.05, 0) is 30.9 Å². The zero-order chi connectivity index (χ0) is 17.9. The summed E-state index contributed by atoms with van der Waals surface area (Å²) < 4.78 is 5.27. The monoisotopic (exact) mass is 354 g/mol. The average molecular weight is 354 g/mol. The molecular weight excluding hydrogens is 336 g/mol. The molecule has 1 amide bonds. The van der Waals surface area contributed by atoms with Crippen molar-refractivity contribution in [1.29, 1.82) is 0 Å². The van der Waals surface area contributed by atoms with Crippen LogP contribution in [0.4, 0.5) is 0 Å². The average Bonchev–Trinajstić information content (AvgIpc) is 3.34. The lowest BCUT2D eigenvalue weighted by molar-refractivity contribution is 0.0679. The summed E-state index contributed by atoms with van der Waals surface area (Å²) in [5.41, 5.74) is 0.954. The van der Waals surface area contributed by atoms with E-state index >= 15 is 0 Å². The number of tetrazole rings is 1. The van der Waals surface area contributed by atoms with Crippen LogP contribution in [0.15, 0.2) is 34.9 Å². The Morgan fingerprint density at radius 3 is 2.88 bits per heavy atom. The van der Waals surface area contributed by atoms with Crippen molar-refractivity contribution in [3.05, 3.63) is 41.9 Å². The lowest BCUT2D eigenvalue weighted by atomic mass is 9.93. The Bertz CT molecular complexity index is 884. The highest BCUT2D eigenvalue weighted by Crippen LogP contribution is 2.25. The maximum Gasteiger partial charge on any atom is 0.276 e. The number of nitrogens with zero attached hydrogens (tertiary/aromatic N) is 5. The normalized spacial score (nSPS) is 15.3. The number of carbonyl (C=O) groups is 1. The van der Waals surface area contributed by atoms with Crippen LogP contribution in [0.25, 0.3) is 11.3 Å². The van der Waals surface area contributed by atoms with E-state index in [4.69, 9.17) is 4.52 Å². The number of likely N-dealkylation sites (tertiary alicyclic amines) is 1. The van der Waals surface area contributed by atoms with Crippen LogP contribution in [0, 0.1) is 5.92 Å². The Morgan fingerprint density at radius 2 is 2.15 bits per heavy atom. The Labute approximate surface area is 149 Å². The molecule has 2 aromatic heterocycles. The Balaban J connectivity index is 1.38. The van der Waals surface area contributed by atoms with Gasteiger partial charge in [0.2, 0.25) is 0 Å². The quantitative estimate of drug-likeness (QED) is 0.730. The number of piperidine rings is 1. The third-order valence-electron chi connectivity index (χ3n) is 4.62. The molecule has 0 radical (unpaired) electrons. The molecule has 4 rings (SSSR count). The second-order valence-corrected chi connectivity index (χ2v) is 6.39. The molecule has 0 saturated carbocycles. The van der Waals surface area contributed by atoms with E-state index < -0.39 is 0 Å². The predicted molar refractivity (Wildman–Crippen MR) is 90.1 cm³/mol. The summed E-state index contributed by atoms with van der Waals surface area (Å²) in [5, 5.41) is 27.4. The van der Waals surface area contributed by atoms with Crippen molar-refractivity contribution >= 4 is 5.91 Å². The van der Waals surface area contributed by atoms with Crippen molar-refractivity contribution in [3.8, 4) is 17.1 Å². The summed E-state index contributed by atoms with van der Waals surface area (Å²) in [6, 6.07) is 8.26. The smallest absolute Gasteiger partial charge is 0.276 e. The minimum absolute atomic E-state index is 0.135. The first-order valence-electron chi connectivity index (χ1n) is 8.47. The van der Waals surface area contributed by atoms with Crippen molar-refractivity contribution in [2.24, 2.45) is 5.92 Å². The minimum atomic E-state index is -0.141.